The minimum absolute atomic E-state index is 0.0925. The third-order valence-electron chi connectivity index (χ3n) is 8.17. The number of hydrogen-bond donors (Lipinski definition) is 0. The van der Waals surface area contributed by atoms with E-state index >= 15 is 0 Å². The summed E-state index contributed by atoms with van der Waals surface area (Å²) >= 11 is 0. The molecule has 3 aromatic rings. The predicted molar refractivity (Wildman–Crippen MR) is 174 cm³/mol. The Hall–Kier alpha value is -3.10. The van der Waals surface area contributed by atoms with E-state index in [-0.39, 0.29) is 11.8 Å². The van der Waals surface area contributed by atoms with Crippen molar-refractivity contribution in [2.24, 2.45) is 0 Å². The van der Waals surface area contributed by atoms with Crippen LogP contribution in [0.25, 0.3) is 12.2 Å². The lowest BCUT2D eigenvalue weighted by Gasteiger charge is -2.37. The van der Waals surface area contributed by atoms with Gasteiger partial charge in [0.1, 0.15) is 0 Å². The van der Waals surface area contributed by atoms with Crippen LogP contribution < -0.4 is 0 Å². The third kappa shape index (κ3) is 5.95. The van der Waals surface area contributed by atoms with Gasteiger partial charge in [0.05, 0.1) is 0 Å². The van der Waals surface area contributed by atoms with Gasteiger partial charge in [0, 0.05) is 62.6 Å². The second-order valence-corrected chi connectivity index (χ2v) is 10.7. The molecule has 0 saturated carbocycles. The highest BCUT2D eigenvalue weighted by Gasteiger charge is 2.47. The van der Waals surface area contributed by atoms with Crippen molar-refractivity contribution in [3.63, 3.8) is 0 Å². The van der Waals surface area contributed by atoms with Gasteiger partial charge in [-0.15, -0.1) is 0 Å². The summed E-state index contributed by atoms with van der Waals surface area (Å²) in [5.74, 6) is -2.73. The Balaban J connectivity index is 1.59. The highest BCUT2D eigenvalue weighted by molar-refractivity contribution is 5.72. The van der Waals surface area contributed by atoms with Gasteiger partial charge in [-0.25, -0.2) is 0 Å². The molecular weight excluding hydrogens is 552 g/mol. The molecule has 44 heavy (non-hydrogen) atoms. The molecule has 6 heteroatoms. The molecule has 0 fully saturated rings. The molecule has 0 saturated heterocycles. The van der Waals surface area contributed by atoms with Gasteiger partial charge in [-0.1, -0.05) is 72.8 Å². The Bertz CT molecular complexity index is 1310. The topological polar surface area (TPSA) is 55.4 Å². The summed E-state index contributed by atoms with van der Waals surface area (Å²) in [5.41, 5.74) is 8.86. The van der Waals surface area contributed by atoms with Crippen molar-refractivity contribution in [3.05, 3.63) is 117 Å². The quantitative estimate of drug-likeness (QED) is 0.155. The Labute approximate surface area is 262 Å². The van der Waals surface area contributed by atoms with E-state index < -0.39 is 11.9 Å². The Morgan fingerprint density at radius 2 is 0.727 bits per heavy atom. The van der Waals surface area contributed by atoms with Crippen LogP contribution in [0.15, 0.2) is 83.9 Å². The summed E-state index contributed by atoms with van der Waals surface area (Å²) in [7, 11) is 0. The molecule has 3 aromatic carbocycles. The van der Waals surface area contributed by atoms with E-state index in [4.69, 9.17) is 28.4 Å². The minimum Gasteiger partial charge on any atom is -0.324 e. The van der Waals surface area contributed by atoms with E-state index in [0.717, 1.165) is 33.4 Å². The molecule has 2 aliphatic rings. The van der Waals surface area contributed by atoms with Crippen LogP contribution in [0.2, 0.25) is 0 Å². The first-order chi connectivity index (χ1) is 21.5. The molecule has 0 spiro atoms. The number of rotatable bonds is 16. The normalized spacial score (nSPS) is 17.8. The standard InChI is InChI=1S/C38H46O6/c1-7-39-37(40-8-2,41-9-3)33-25-29-17-13-15-19-31(29)35(33)27-21-23-28(24-22-27)36-32-20-16-14-18-30(32)26-34(36)38(42-10-4,43-11-5)44-12-6/h13-26,35-36H,7-12H2,1-6H3. The molecule has 0 radical (unpaired) electrons. The fourth-order valence-electron chi connectivity index (χ4n) is 6.67. The lowest BCUT2D eigenvalue weighted by atomic mass is 9.83. The zero-order chi connectivity index (χ0) is 31.2. The average Bonchev–Trinajstić information content (AvgIpc) is 3.62. The molecule has 5 rings (SSSR count). The van der Waals surface area contributed by atoms with Crippen LogP contribution in [0.3, 0.4) is 0 Å². The first-order valence-corrected chi connectivity index (χ1v) is 16.1. The van der Waals surface area contributed by atoms with Gasteiger partial charge in [-0.3, -0.25) is 0 Å². The Kier molecular flexibility index (Phi) is 10.5. The highest BCUT2D eigenvalue weighted by atomic mass is 16.9. The Morgan fingerprint density at radius 1 is 0.432 bits per heavy atom. The maximum Gasteiger partial charge on any atom is 0.309 e. The van der Waals surface area contributed by atoms with Crippen LogP contribution in [-0.2, 0) is 28.4 Å². The van der Waals surface area contributed by atoms with Gasteiger partial charge in [0.25, 0.3) is 0 Å². The first-order valence-electron chi connectivity index (χ1n) is 16.1. The minimum atomic E-state index is -1.27. The van der Waals surface area contributed by atoms with E-state index in [1.165, 1.54) is 11.1 Å². The first kappa shape index (κ1) is 32.3. The van der Waals surface area contributed by atoms with Crippen LogP contribution in [0.4, 0.5) is 0 Å². The van der Waals surface area contributed by atoms with E-state index in [1.54, 1.807) is 0 Å². The summed E-state index contributed by atoms with van der Waals surface area (Å²) in [6, 6.07) is 25.8. The summed E-state index contributed by atoms with van der Waals surface area (Å²) < 4.78 is 37.7. The third-order valence-corrected chi connectivity index (χ3v) is 8.17. The van der Waals surface area contributed by atoms with E-state index in [2.05, 4.69) is 84.9 Å². The summed E-state index contributed by atoms with van der Waals surface area (Å²) in [6.07, 6.45) is 4.34. The molecule has 2 atom stereocenters. The molecule has 2 aliphatic carbocycles. The van der Waals surface area contributed by atoms with E-state index in [0.29, 0.717) is 39.6 Å². The van der Waals surface area contributed by atoms with Crippen molar-refractivity contribution < 1.29 is 28.4 Å². The van der Waals surface area contributed by atoms with Crippen molar-refractivity contribution in [2.75, 3.05) is 39.6 Å². The SMILES string of the molecule is CCOC(OCC)(OCC)C1=Cc2ccccc2C1c1ccc(C2C(C(OCC)(OCC)OCC)=Cc3ccccc32)cc1. The number of ether oxygens (including phenoxy) is 6. The second-order valence-electron chi connectivity index (χ2n) is 10.7. The van der Waals surface area contributed by atoms with Gasteiger partial charge in [0.2, 0.25) is 0 Å². The molecule has 234 valence electrons. The van der Waals surface area contributed by atoms with Crippen LogP contribution in [0, 0.1) is 0 Å². The van der Waals surface area contributed by atoms with E-state index in [1.807, 2.05) is 41.5 Å². The molecule has 6 nitrogen and oxygen atoms in total. The lowest BCUT2D eigenvalue weighted by Crippen LogP contribution is -2.43. The predicted octanol–water partition coefficient (Wildman–Crippen LogP) is 8.27. The molecule has 0 amide bonds. The summed E-state index contributed by atoms with van der Waals surface area (Å²) in [4.78, 5) is 0. The second kappa shape index (κ2) is 14.3. The monoisotopic (exact) mass is 598 g/mol. The van der Waals surface area contributed by atoms with Crippen molar-refractivity contribution >= 4 is 12.2 Å². The van der Waals surface area contributed by atoms with Crippen LogP contribution >= 0.6 is 0 Å². The lowest BCUT2D eigenvalue weighted by molar-refractivity contribution is -0.353. The van der Waals surface area contributed by atoms with Gasteiger partial charge in [-0.2, -0.15) is 0 Å². The van der Waals surface area contributed by atoms with Crippen LogP contribution in [-0.4, -0.2) is 51.6 Å². The summed E-state index contributed by atoms with van der Waals surface area (Å²) in [6.45, 7) is 14.5. The fraction of sp³-hybridized carbons (Fsp3) is 0.421. The van der Waals surface area contributed by atoms with Crippen LogP contribution in [0.1, 0.15) is 86.8 Å². The zero-order valence-electron chi connectivity index (χ0n) is 26.9. The molecule has 0 aliphatic heterocycles. The molecule has 0 aromatic heterocycles. The molecule has 0 bridgehead atoms. The van der Waals surface area contributed by atoms with Crippen molar-refractivity contribution in [1.82, 2.24) is 0 Å². The molecule has 0 N–H and O–H groups in total. The average molecular weight is 599 g/mol. The van der Waals surface area contributed by atoms with Crippen molar-refractivity contribution in [3.8, 4) is 0 Å². The van der Waals surface area contributed by atoms with Gasteiger partial charge in [0.15, 0.2) is 0 Å². The molecular formula is C38H46O6. The number of fused-ring (bicyclic) bond motifs is 2. The van der Waals surface area contributed by atoms with Crippen molar-refractivity contribution in [1.29, 1.82) is 0 Å². The zero-order valence-corrected chi connectivity index (χ0v) is 26.9. The highest BCUT2D eigenvalue weighted by Crippen LogP contribution is 2.50. The fourth-order valence-corrected chi connectivity index (χ4v) is 6.67. The molecule has 0 heterocycles. The van der Waals surface area contributed by atoms with Crippen LogP contribution in [0.5, 0.6) is 0 Å². The number of hydrogen-bond acceptors (Lipinski definition) is 6. The number of benzene rings is 3. The smallest absolute Gasteiger partial charge is 0.309 e. The van der Waals surface area contributed by atoms with Gasteiger partial charge >= 0.3 is 11.9 Å². The molecule has 2 unspecified atom stereocenters. The largest absolute Gasteiger partial charge is 0.324 e. The Morgan fingerprint density at radius 3 is 1.02 bits per heavy atom. The maximum atomic E-state index is 6.28. The van der Waals surface area contributed by atoms with Crippen molar-refractivity contribution in [2.45, 2.75) is 65.3 Å². The summed E-state index contributed by atoms with van der Waals surface area (Å²) in [5, 5.41) is 0. The maximum absolute atomic E-state index is 6.28. The van der Waals surface area contributed by atoms with E-state index in [9.17, 15) is 0 Å². The van der Waals surface area contributed by atoms with Gasteiger partial charge < -0.3 is 28.4 Å². The van der Waals surface area contributed by atoms with Gasteiger partial charge in [-0.05, 0) is 87.1 Å².